The zero-order chi connectivity index (χ0) is 13.8. The molecule has 0 fully saturated rings. The lowest BCUT2D eigenvalue weighted by Gasteiger charge is -2.12. The summed E-state index contributed by atoms with van der Waals surface area (Å²) in [7, 11) is 3.31. The lowest BCUT2D eigenvalue weighted by Crippen LogP contribution is -2.04. The molecule has 0 amide bonds. The Kier molecular flexibility index (Phi) is 4.07. The van der Waals surface area contributed by atoms with Crippen LogP contribution < -0.4 is 15.2 Å². The van der Waals surface area contributed by atoms with Crippen LogP contribution in [-0.4, -0.2) is 14.2 Å². The van der Waals surface area contributed by atoms with Crippen LogP contribution in [0.25, 0.3) is 11.1 Å². The van der Waals surface area contributed by atoms with Gasteiger partial charge >= 0.3 is 0 Å². The van der Waals surface area contributed by atoms with Gasteiger partial charge in [-0.25, -0.2) is 0 Å². The van der Waals surface area contributed by atoms with Gasteiger partial charge in [-0.05, 0) is 30.2 Å². The summed E-state index contributed by atoms with van der Waals surface area (Å²) < 4.78 is 10.6. The van der Waals surface area contributed by atoms with Crippen molar-refractivity contribution in [3.63, 3.8) is 0 Å². The van der Waals surface area contributed by atoms with Crippen molar-refractivity contribution in [3.05, 3.63) is 48.0 Å². The van der Waals surface area contributed by atoms with Gasteiger partial charge < -0.3 is 15.2 Å². The van der Waals surface area contributed by atoms with E-state index in [2.05, 4.69) is 12.1 Å². The van der Waals surface area contributed by atoms with Gasteiger partial charge in [-0.1, -0.05) is 24.3 Å². The number of benzene rings is 2. The summed E-state index contributed by atoms with van der Waals surface area (Å²) in [6.07, 6.45) is 0. The Balaban J connectivity index is 2.40. The van der Waals surface area contributed by atoms with E-state index in [0.717, 1.165) is 28.2 Å². The van der Waals surface area contributed by atoms with E-state index in [1.807, 2.05) is 37.3 Å². The molecule has 1 unspecified atom stereocenters. The molecule has 0 aliphatic rings. The average molecular weight is 257 g/mol. The first kappa shape index (κ1) is 13.4. The molecule has 0 saturated carbocycles. The van der Waals surface area contributed by atoms with Gasteiger partial charge in [0.15, 0.2) is 0 Å². The Morgan fingerprint density at radius 3 is 2.16 bits per heavy atom. The van der Waals surface area contributed by atoms with Gasteiger partial charge in [0.25, 0.3) is 0 Å². The highest BCUT2D eigenvalue weighted by Crippen LogP contribution is 2.33. The molecule has 2 N–H and O–H groups in total. The van der Waals surface area contributed by atoms with E-state index in [9.17, 15) is 0 Å². The van der Waals surface area contributed by atoms with Crippen LogP contribution in [0.5, 0.6) is 11.5 Å². The minimum Gasteiger partial charge on any atom is -0.497 e. The zero-order valence-corrected chi connectivity index (χ0v) is 11.5. The summed E-state index contributed by atoms with van der Waals surface area (Å²) in [5.41, 5.74) is 9.12. The van der Waals surface area contributed by atoms with Crippen molar-refractivity contribution in [2.75, 3.05) is 14.2 Å². The Morgan fingerprint density at radius 2 is 1.63 bits per heavy atom. The Labute approximate surface area is 114 Å². The summed E-state index contributed by atoms with van der Waals surface area (Å²) in [5, 5.41) is 0. The number of hydrogen-bond donors (Lipinski definition) is 1. The quantitative estimate of drug-likeness (QED) is 0.913. The van der Waals surface area contributed by atoms with E-state index in [1.54, 1.807) is 14.2 Å². The topological polar surface area (TPSA) is 44.5 Å². The number of nitrogens with two attached hydrogens (primary N) is 1. The summed E-state index contributed by atoms with van der Waals surface area (Å²) in [5.74, 6) is 1.58. The highest BCUT2D eigenvalue weighted by Gasteiger charge is 2.08. The van der Waals surface area contributed by atoms with Crippen LogP contribution in [0.3, 0.4) is 0 Å². The summed E-state index contributed by atoms with van der Waals surface area (Å²) in [6.45, 7) is 1.98. The molecule has 3 heteroatoms. The first-order valence-corrected chi connectivity index (χ1v) is 6.23. The molecule has 2 rings (SSSR count). The molecule has 19 heavy (non-hydrogen) atoms. The van der Waals surface area contributed by atoms with E-state index >= 15 is 0 Å². The SMILES string of the molecule is COc1ccc(-c2ccc(C(C)N)cc2)c(OC)c1. The van der Waals surface area contributed by atoms with E-state index in [1.165, 1.54) is 0 Å². The van der Waals surface area contributed by atoms with Crippen LogP contribution in [-0.2, 0) is 0 Å². The normalized spacial score (nSPS) is 12.0. The number of hydrogen-bond acceptors (Lipinski definition) is 3. The molecule has 0 radical (unpaired) electrons. The highest BCUT2D eigenvalue weighted by atomic mass is 16.5. The Morgan fingerprint density at radius 1 is 0.947 bits per heavy atom. The fraction of sp³-hybridized carbons (Fsp3) is 0.250. The van der Waals surface area contributed by atoms with Crippen molar-refractivity contribution in [3.8, 4) is 22.6 Å². The molecule has 0 aliphatic heterocycles. The average Bonchev–Trinajstić information content (AvgIpc) is 2.46. The molecule has 0 aromatic heterocycles. The highest BCUT2D eigenvalue weighted by molar-refractivity contribution is 5.71. The van der Waals surface area contributed by atoms with Crippen molar-refractivity contribution in [1.29, 1.82) is 0 Å². The molecule has 3 nitrogen and oxygen atoms in total. The predicted octanol–water partition coefficient (Wildman–Crippen LogP) is 3.39. The molecular formula is C16H19NO2. The third-order valence-electron chi connectivity index (χ3n) is 3.16. The van der Waals surface area contributed by atoms with Gasteiger partial charge in [0, 0.05) is 17.7 Å². The minimum absolute atomic E-state index is 0.0480. The van der Waals surface area contributed by atoms with E-state index < -0.39 is 0 Å². The lowest BCUT2D eigenvalue weighted by atomic mass is 10.0. The third-order valence-corrected chi connectivity index (χ3v) is 3.16. The Bertz CT molecular complexity index is 547. The predicted molar refractivity (Wildman–Crippen MR) is 77.6 cm³/mol. The smallest absolute Gasteiger partial charge is 0.130 e. The van der Waals surface area contributed by atoms with Crippen molar-refractivity contribution >= 4 is 0 Å². The summed E-state index contributed by atoms with van der Waals surface area (Å²) in [4.78, 5) is 0. The van der Waals surface area contributed by atoms with Crippen LogP contribution in [0.1, 0.15) is 18.5 Å². The maximum absolute atomic E-state index is 5.86. The third kappa shape index (κ3) is 2.88. The van der Waals surface area contributed by atoms with Crippen LogP contribution in [0.15, 0.2) is 42.5 Å². The van der Waals surface area contributed by atoms with Gasteiger partial charge in [0.2, 0.25) is 0 Å². The molecule has 0 aliphatic carbocycles. The molecule has 2 aromatic rings. The zero-order valence-electron chi connectivity index (χ0n) is 11.5. The lowest BCUT2D eigenvalue weighted by molar-refractivity contribution is 0.395. The fourth-order valence-electron chi connectivity index (χ4n) is 2.00. The van der Waals surface area contributed by atoms with Gasteiger partial charge in [-0.15, -0.1) is 0 Å². The molecule has 0 spiro atoms. The van der Waals surface area contributed by atoms with E-state index in [4.69, 9.17) is 15.2 Å². The number of rotatable bonds is 4. The van der Waals surface area contributed by atoms with E-state index in [0.29, 0.717) is 0 Å². The summed E-state index contributed by atoms with van der Waals surface area (Å²) in [6, 6.07) is 14.1. The molecule has 100 valence electrons. The molecule has 2 aromatic carbocycles. The second-order valence-electron chi connectivity index (χ2n) is 4.48. The number of ether oxygens (including phenoxy) is 2. The first-order chi connectivity index (χ1) is 9.15. The van der Waals surface area contributed by atoms with Crippen LogP contribution >= 0.6 is 0 Å². The van der Waals surface area contributed by atoms with Crippen LogP contribution in [0.2, 0.25) is 0 Å². The first-order valence-electron chi connectivity index (χ1n) is 6.23. The maximum atomic E-state index is 5.86. The Hall–Kier alpha value is -2.00. The minimum atomic E-state index is 0.0480. The van der Waals surface area contributed by atoms with E-state index in [-0.39, 0.29) is 6.04 Å². The fourth-order valence-corrected chi connectivity index (χ4v) is 2.00. The van der Waals surface area contributed by atoms with Gasteiger partial charge in [-0.3, -0.25) is 0 Å². The second kappa shape index (κ2) is 5.76. The molecule has 1 atom stereocenters. The maximum Gasteiger partial charge on any atom is 0.130 e. The second-order valence-corrected chi connectivity index (χ2v) is 4.48. The van der Waals surface area contributed by atoms with Gasteiger partial charge in [-0.2, -0.15) is 0 Å². The van der Waals surface area contributed by atoms with Gasteiger partial charge in [0.1, 0.15) is 11.5 Å². The van der Waals surface area contributed by atoms with Crippen molar-refractivity contribution in [1.82, 2.24) is 0 Å². The molecule has 0 heterocycles. The van der Waals surface area contributed by atoms with Gasteiger partial charge in [0.05, 0.1) is 14.2 Å². The molecular weight excluding hydrogens is 238 g/mol. The van der Waals surface area contributed by atoms with Crippen molar-refractivity contribution in [2.24, 2.45) is 5.73 Å². The van der Waals surface area contributed by atoms with Crippen molar-refractivity contribution < 1.29 is 9.47 Å². The largest absolute Gasteiger partial charge is 0.497 e. The monoisotopic (exact) mass is 257 g/mol. The van der Waals surface area contributed by atoms with Crippen LogP contribution in [0, 0.1) is 0 Å². The summed E-state index contributed by atoms with van der Waals surface area (Å²) >= 11 is 0. The number of methoxy groups -OCH3 is 2. The van der Waals surface area contributed by atoms with Crippen molar-refractivity contribution in [2.45, 2.75) is 13.0 Å². The standard InChI is InChI=1S/C16H19NO2/c1-11(17)12-4-6-13(7-5-12)15-9-8-14(18-2)10-16(15)19-3/h4-11H,17H2,1-3H3. The molecule has 0 saturated heterocycles. The molecule has 0 bridgehead atoms. The van der Waals surface area contributed by atoms with Crippen LogP contribution in [0.4, 0.5) is 0 Å².